The molecule has 2 unspecified atom stereocenters. The van der Waals surface area contributed by atoms with Crippen LogP contribution in [0, 0.1) is 5.92 Å². The molecular weight excluding hydrogens is 296 g/mol. The summed E-state index contributed by atoms with van der Waals surface area (Å²) in [6.07, 6.45) is 0.604. The second-order valence-corrected chi connectivity index (χ2v) is 5.41. The third kappa shape index (κ3) is 2.75. The number of hydrogen-bond donors (Lipinski definition) is 0. The molecule has 98 valence electrons. The number of ether oxygens (including phenoxy) is 2. The van der Waals surface area contributed by atoms with Gasteiger partial charge in [0.1, 0.15) is 11.9 Å². The van der Waals surface area contributed by atoms with Gasteiger partial charge in [-0.2, -0.15) is 0 Å². The highest BCUT2D eigenvalue weighted by Gasteiger charge is 2.33. The lowest BCUT2D eigenvalue weighted by molar-refractivity contribution is 0.0576. The number of carbonyl (C=O) groups excluding carboxylic acids is 1. The molecule has 0 amide bonds. The van der Waals surface area contributed by atoms with E-state index in [0.29, 0.717) is 24.5 Å². The summed E-state index contributed by atoms with van der Waals surface area (Å²) < 4.78 is 11.9. The van der Waals surface area contributed by atoms with E-state index in [2.05, 4.69) is 15.9 Å². The van der Waals surface area contributed by atoms with E-state index in [-0.39, 0.29) is 17.8 Å². The zero-order valence-corrected chi connectivity index (χ0v) is 12.2. The van der Waals surface area contributed by atoms with Crippen LogP contribution in [0.15, 0.2) is 22.7 Å². The van der Waals surface area contributed by atoms with Gasteiger partial charge in [0.25, 0.3) is 0 Å². The first-order valence-electron chi connectivity index (χ1n) is 6.21. The number of Topliss-reactive ketones (excluding diaryl/α,β-unsaturated/α-hetero) is 1. The molecule has 2 rings (SSSR count). The Morgan fingerprint density at radius 2 is 2.33 bits per heavy atom. The molecule has 0 bridgehead atoms. The average molecular weight is 313 g/mol. The van der Waals surface area contributed by atoms with Gasteiger partial charge in [-0.3, -0.25) is 4.79 Å². The summed E-state index contributed by atoms with van der Waals surface area (Å²) in [4.78, 5) is 12.5. The van der Waals surface area contributed by atoms with Crippen molar-refractivity contribution in [1.29, 1.82) is 0 Å². The van der Waals surface area contributed by atoms with Crippen LogP contribution in [0.2, 0.25) is 0 Å². The molecule has 4 heteroatoms. The van der Waals surface area contributed by atoms with E-state index in [0.717, 1.165) is 10.9 Å². The highest BCUT2D eigenvalue weighted by molar-refractivity contribution is 9.10. The predicted octanol–water partition coefficient (Wildman–Crippen LogP) is 3.46. The van der Waals surface area contributed by atoms with Gasteiger partial charge in [-0.1, -0.05) is 22.9 Å². The molecule has 1 aliphatic heterocycles. The number of rotatable bonds is 4. The van der Waals surface area contributed by atoms with E-state index < -0.39 is 0 Å². The Labute approximate surface area is 116 Å². The number of carbonyl (C=O) groups is 1. The van der Waals surface area contributed by atoms with Crippen LogP contribution >= 0.6 is 15.9 Å². The van der Waals surface area contributed by atoms with Gasteiger partial charge in [-0.25, -0.2) is 0 Å². The average Bonchev–Trinajstić information content (AvgIpc) is 2.77. The van der Waals surface area contributed by atoms with Gasteiger partial charge in [0, 0.05) is 11.1 Å². The van der Waals surface area contributed by atoms with Gasteiger partial charge >= 0.3 is 0 Å². The summed E-state index contributed by atoms with van der Waals surface area (Å²) >= 11 is 3.39. The maximum atomic E-state index is 12.5. The minimum atomic E-state index is -0.335. The van der Waals surface area contributed by atoms with Gasteiger partial charge < -0.3 is 9.47 Å². The summed E-state index contributed by atoms with van der Waals surface area (Å²) in [6, 6.07) is 5.50. The summed E-state index contributed by atoms with van der Waals surface area (Å²) in [5.74, 6) is 0.920. The first-order valence-corrected chi connectivity index (χ1v) is 7.01. The lowest BCUT2D eigenvalue weighted by Gasteiger charge is -2.16. The zero-order chi connectivity index (χ0) is 13.1. The monoisotopic (exact) mass is 312 g/mol. The largest absolute Gasteiger partial charge is 0.493 e. The molecule has 0 saturated carbocycles. The molecule has 1 aromatic rings. The molecular formula is C14H17BrO3. The Hall–Kier alpha value is -0.870. The van der Waals surface area contributed by atoms with Gasteiger partial charge in [-0.15, -0.1) is 0 Å². The van der Waals surface area contributed by atoms with Gasteiger partial charge in [0.15, 0.2) is 5.78 Å². The van der Waals surface area contributed by atoms with Crippen LogP contribution < -0.4 is 4.74 Å². The molecule has 1 saturated heterocycles. The lowest BCUT2D eigenvalue weighted by Crippen LogP contribution is -2.25. The Kier molecular flexibility index (Phi) is 4.40. The molecule has 1 heterocycles. The Bertz CT molecular complexity index is 445. The van der Waals surface area contributed by atoms with E-state index >= 15 is 0 Å². The summed E-state index contributed by atoms with van der Waals surface area (Å²) in [5.41, 5.74) is 0.602. The number of hydrogen-bond acceptors (Lipinski definition) is 3. The highest BCUT2D eigenvalue weighted by Crippen LogP contribution is 2.29. The number of halogens is 1. The molecule has 1 aliphatic rings. The molecule has 3 nitrogen and oxygen atoms in total. The lowest BCUT2D eigenvalue weighted by atomic mass is 9.96. The second kappa shape index (κ2) is 5.85. The SMILES string of the molecule is CCOc1ccc(Br)cc1C(=O)C1OCCC1C. The maximum Gasteiger partial charge on any atom is 0.195 e. The van der Waals surface area contributed by atoms with Crippen molar-refractivity contribution in [2.45, 2.75) is 26.4 Å². The molecule has 0 aliphatic carbocycles. The molecule has 0 spiro atoms. The van der Waals surface area contributed by atoms with Gasteiger partial charge in [0.05, 0.1) is 12.2 Å². The Morgan fingerprint density at radius 3 is 2.94 bits per heavy atom. The quantitative estimate of drug-likeness (QED) is 0.799. The van der Waals surface area contributed by atoms with Crippen molar-refractivity contribution in [1.82, 2.24) is 0 Å². The zero-order valence-electron chi connectivity index (χ0n) is 10.6. The molecule has 2 atom stereocenters. The van der Waals surface area contributed by atoms with Crippen LogP contribution in [-0.4, -0.2) is 25.1 Å². The predicted molar refractivity (Wildman–Crippen MR) is 73.2 cm³/mol. The normalized spacial score (nSPS) is 23.1. The summed E-state index contributed by atoms with van der Waals surface area (Å²) in [6.45, 7) is 5.16. The standard InChI is InChI=1S/C14H17BrO3/c1-3-17-12-5-4-10(15)8-11(12)13(16)14-9(2)6-7-18-14/h4-5,8-9,14H,3,6-7H2,1-2H3. The fourth-order valence-electron chi connectivity index (χ4n) is 2.16. The first-order chi connectivity index (χ1) is 8.63. The molecule has 18 heavy (non-hydrogen) atoms. The molecule has 0 N–H and O–H groups in total. The van der Waals surface area contributed by atoms with Crippen molar-refractivity contribution in [3.8, 4) is 5.75 Å². The van der Waals surface area contributed by atoms with Crippen molar-refractivity contribution >= 4 is 21.7 Å². The third-order valence-electron chi connectivity index (χ3n) is 3.15. The topological polar surface area (TPSA) is 35.5 Å². The third-order valence-corrected chi connectivity index (χ3v) is 3.65. The van der Waals surface area contributed by atoms with Crippen molar-refractivity contribution in [3.05, 3.63) is 28.2 Å². The van der Waals surface area contributed by atoms with Crippen molar-refractivity contribution in [2.24, 2.45) is 5.92 Å². The molecule has 0 radical (unpaired) electrons. The first kappa shape index (κ1) is 13.6. The fourth-order valence-corrected chi connectivity index (χ4v) is 2.52. The van der Waals surface area contributed by atoms with Gasteiger partial charge in [0.2, 0.25) is 0 Å². The summed E-state index contributed by atoms with van der Waals surface area (Å²) in [7, 11) is 0. The van der Waals surface area contributed by atoms with Crippen LogP contribution in [0.3, 0.4) is 0 Å². The Balaban J connectivity index is 2.30. The fraction of sp³-hybridized carbons (Fsp3) is 0.500. The van der Waals surface area contributed by atoms with E-state index in [1.54, 1.807) is 0 Å². The highest BCUT2D eigenvalue weighted by atomic mass is 79.9. The van der Waals surface area contributed by atoms with Crippen molar-refractivity contribution < 1.29 is 14.3 Å². The smallest absolute Gasteiger partial charge is 0.195 e. The van der Waals surface area contributed by atoms with Crippen LogP contribution in [-0.2, 0) is 4.74 Å². The van der Waals surface area contributed by atoms with E-state index in [4.69, 9.17) is 9.47 Å². The minimum Gasteiger partial charge on any atom is -0.493 e. The van der Waals surface area contributed by atoms with E-state index in [9.17, 15) is 4.79 Å². The van der Waals surface area contributed by atoms with Gasteiger partial charge in [-0.05, 0) is 37.5 Å². The number of benzene rings is 1. The molecule has 1 fully saturated rings. The van der Waals surface area contributed by atoms with Crippen molar-refractivity contribution in [2.75, 3.05) is 13.2 Å². The van der Waals surface area contributed by atoms with E-state index in [1.807, 2.05) is 32.0 Å². The second-order valence-electron chi connectivity index (χ2n) is 4.50. The number of ketones is 1. The van der Waals surface area contributed by atoms with E-state index in [1.165, 1.54) is 0 Å². The molecule has 0 aromatic heterocycles. The summed E-state index contributed by atoms with van der Waals surface area (Å²) in [5, 5.41) is 0. The maximum absolute atomic E-state index is 12.5. The van der Waals surface area contributed by atoms with Crippen LogP contribution in [0.25, 0.3) is 0 Å². The van der Waals surface area contributed by atoms with Crippen LogP contribution in [0.4, 0.5) is 0 Å². The van der Waals surface area contributed by atoms with Crippen LogP contribution in [0.1, 0.15) is 30.6 Å². The van der Waals surface area contributed by atoms with Crippen LogP contribution in [0.5, 0.6) is 5.75 Å². The minimum absolute atomic E-state index is 0.0183. The van der Waals surface area contributed by atoms with Crippen molar-refractivity contribution in [3.63, 3.8) is 0 Å². The molecule has 1 aromatic carbocycles. The Morgan fingerprint density at radius 1 is 1.56 bits per heavy atom.